The van der Waals surface area contributed by atoms with Gasteiger partial charge in [0.15, 0.2) is 5.13 Å². The summed E-state index contributed by atoms with van der Waals surface area (Å²) in [4.78, 5) is 4.61. The first-order valence-corrected chi connectivity index (χ1v) is 8.12. The van der Waals surface area contributed by atoms with Crippen LogP contribution in [0.1, 0.15) is 18.1 Å². The number of thiazole rings is 1. The van der Waals surface area contributed by atoms with Gasteiger partial charge in [-0.05, 0) is 48.7 Å². The number of aryl methyl sites for hydroxylation is 2. The van der Waals surface area contributed by atoms with Crippen LogP contribution in [-0.4, -0.2) is 4.98 Å². The summed E-state index contributed by atoms with van der Waals surface area (Å²) in [6.45, 7) is 3.90. The topological polar surface area (TPSA) is 24.9 Å². The molecule has 0 bridgehead atoms. The quantitative estimate of drug-likeness (QED) is 0.682. The Bertz CT molecular complexity index is 795. The largest absolute Gasteiger partial charge is 0.331 e. The van der Waals surface area contributed by atoms with Crippen molar-refractivity contribution < 1.29 is 4.39 Å². The minimum absolute atomic E-state index is 0.186. The first-order valence-electron chi connectivity index (χ1n) is 7.24. The molecule has 0 amide bonds. The maximum atomic E-state index is 13.4. The molecule has 0 fully saturated rings. The van der Waals surface area contributed by atoms with Crippen LogP contribution in [0.2, 0.25) is 0 Å². The van der Waals surface area contributed by atoms with E-state index in [1.165, 1.54) is 11.6 Å². The molecular formula is C18H17FN2S. The molecule has 0 saturated heterocycles. The van der Waals surface area contributed by atoms with E-state index in [0.29, 0.717) is 5.56 Å². The summed E-state index contributed by atoms with van der Waals surface area (Å²) in [6.07, 6.45) is 0.971. The summed E-state index contributed by atoms with van der Waals surface area (Å²) >= 11 is 1.55. The van der Waals surface area contributed by atoms with E-state index in [1.54, 1.807) is 24.3 Å². The van der Waals surface area contributed by atoms with E-state index in [2.05, 4.69) is 29.4 Å². The monoisotopic (exact) mass is 312 g/mol. The zero-order valence-corrected chi connectivity index (χ0v) is 13.4. The van der Waals surface area contributed by atoms with Gasteiger partial charge in [-0.15, -0.1) is 11.3 Å². The fourth-order valence-corrected chi connectivity index (χ4v) is 3.07. The van der Waals surface area contributed by atoms with E-state index in [4.69, 9.17) is 0 Å². The van der Waals surface area contributed by atoms with E-state index < -0.39 is 0 Å². The first-order chi connectivity index (χ1) is 10.7. The van der Waals surface area contributed by atoms with Crippen molar-refractivity contribution in [3.05, 3.63) is 64.8 Å². The van der Waals surface area contributed by atoms with Gasteiger partial charge in [-0.2, -0.15) is 0 Å². The van der Waals surface area contributed by atoms with Crippen LogP contribution in [-0.2, 0) is 6.42 Å². The van der Waals surface area contributed by atoms with Crippen molar-refractivity contribution in [1.29, 1.82) is 0 Å². The Kier molecular flexibility index (Phi) is 4.20. The van der Waals surface area contributed by atoms with Crippen LogP contribution in [0.15, 0.2) is 47.8 Å². The second-order valence-electron chi connectivity index (χ2n) is 5.14. The Morgan fingerprint density at radius 2 is 2.00 bits per heavy atom. The fourth-order valence-electron chi connectivity index (χ4n) is 2.33. The molecule has 0 aliphatic rings. The second kappa shape index (κ2) is 6.28. The molecule has 3 rings (SSSR count). The lowest BCUT2D eigenvalue weighted by Gasteiger charge is -2.07. The molecule has 0 radical (unpaired) electrons. The number of hydrogen-bond donors (Lipinski definition) is 1. The molecule has 1 heterocycles. The number of halogens is 1. The van der Waals surface area contributed by atoms with Crippen molar-refractivity contribution in [3.8, 4) is 11.3 Å². The number of benzene rings is 2. The maximum absolute atomic E-state index is 13.4. The Hall–Kier alpha value is -2.20. The zero-order chi connectivity index (χ0) is 15.5. The van der Waals surface area contributed by atoms with Crippen LogP contribution < -0.4 is 5.32 Å². The number of rotatable bonds is 4. The highest BCUT2D eigenvalue weighted by Crippen LogP contribution is 2.29. The highest BCUT2D eigenvalue weighted by molar-refractivity contribution is 7.14. The van der Waals surface area contributed by atoms with Gasteiger partial charge in [0.25, 0.3) is 0 Å². The van der Waals surface area contributed by atoms with E-state index >= 15 is 0 Å². The average molecular weight is 312 g/mol. The van der Waals surface area contributed by atoms with Crippen LogP contribution in [0.4, 0.5) is 15.2 Å². The van der Waals surface area contributed by atoms with E-state index in [9.17, 15) is 4.39 Å². The maximum Gasteiger partial charge on any atom is 0.187 e. The van der Waals surface area contributed by atoms with Gasteiger partial charge in [0.1, 0.15) is 5.82 Å². The van der Waals surface area contributed by atoms with Gasteiger partial charge in [-0.3, -0.25) is 0 Å². The lowest BCUT2D eigenvalue weighted by atomic mass is 10.1. The molecular weight excluding hydrogens is 295 g/mol. The number of hydrogen-bond acceptors (Lipinski definition) is 3. The SMILES string of the molecule is CCc1ccccc1Nc1nc(-c2ccc(F)c(C)c2)cs1. The first kappa shape index (κ1) is 14.7. The lowest BCUT2D eigenvalue weighted by molar-refractivity contribution is 0.619. The molecule has 0 spiro atoms. The van der Waals surface area contributed by atoms with Crippen molar-refractivity contribution in [2.45, 2.75) is 20.3 Å². The lowest BCUT2D eigenvalue weighted by Crippen LogP contribution is -1.94. The standard InChI is InChI=1S/C18H17FN2S/c1-3-13-6-4-5-7-16(13)20-18-21-17(11-22-18)14-8-9-15(19)12(2)10-14/h4-11H,3H2,1-2H3,(H,20,21). The van der Waals surface area contributed by atoms with Crippen LogP contribution in [0.25, 0.3) is 11.3 Å². The molecule has 1 aromatic heterocycles. The minimum atomic E-state index is -0.186. The molecule has 0 atom stereocenters. The third-order valence-electron chi connectivity index (χ3n) is 3.60. The molecule has 112 valence electrons. The highest BCUT2D eigenvalue weighted by Gasteiger charge is 2.08. The number of aromatic nitrogens is 1. The van der Waals surface area contributed by atoms with Crippen LogP contribution in [0.3, 0.4) is 0 Å². The molecule has 0 aliphatic carbocycles. The summed E-state index contributed by atoms with van der Waals surface area (Å²) in [7, 11) is 0. The van der Waals surface area contributed by atoms with Crippen LogP contribution in [0, 0.1) is 12.7 Å². The van der Waals surface area contributed by atoms with Gasteiger partial charge >= 0.3 is 0 Å². The van der Waals surface area contributed by atoms with E-state index in [1.807, 2.05) is 23.6 Å². The third kappa shape index (κ3) is 3.02. The zero-order valence-electron chi connectivity index (χ0n) is 12.6. The average Bonchev–Trinajstić information content (AvgIpc) is 2.99. The highest BCUT2D eigenvalue weighted by atomic mass is 32.1. The molecule has 0 unspecified atom stereocenters. The smallest absolute Gasteiger partial charge is 0.187 e. The number of nitrogens with one attached hydrogen (secondary N) is 1. The molecule has 2 aromatic carbocycles. The van der Waals surface area contributed by atoms with Crippen molar-refractivity contribution >= 4 is 22.2 Å². The van der Waals surface area contributed by atoms with Gasteiger partial charge in [-0.25, -0.2) is 9.37 Å². The molecule has 4 heteroatoms. The van der Waals surface area contributed by atoms with Gasteiger partial charge in [0.2, 0.25) is 0 Å². The predicted octanol–water partition coefficient (Wildman–Crippen LogP) is 5.56. The van der Waals surface area contributed by atoms with Crippen molar-refractivity contribution in [3.63, 3.8) is 0 Å². The van der Waals surface area contributed by atoms with Crippen molar-refractivity contribution in [1.82, 2.24) is 4.98 Å². The van der Waals surface area contributed by atoms with Crippen molar-refractivity contribution in [2.75, 3.05) is 5.32 Å². The summed E-state index contributed by atoms with van der Waals surface area (Å²) in [6, 6.07) is 13.3. The van der Waals surface area contributed by atoms with E-state index in [-0.39, 0.29) is 5.82 Å². The van der Waals surface area contributed by atoms with Crippen LogP contribution >= 0.6 is 11.3 Å². The van der Waals surface area contributed by atoms with Gasteiger partial charge in [0, 0.05) is 16.6 Å². The molecule has 22 heavy (non-hydrogen) atoms. The Morgan fingerprint density at radius 3 is 2.77 bits per heavy atom. The molecule has 0 aliphatic heterocycles. The number of nitrogens with zero attached hydrogens (tertiary/aromatic N) is 1. The van der Waals surface area contributed by atoms with Gasteiger partial charge < -0.3 is 5.32 Å². The van der Waals surface area contributed by atoms with E-state index in [0.717, 1.165) is 28.5 Å². The predicted molar refractivity (Wildman–Crippen MR) is 91.3 cm³/mol. The minimum Gasteiger partial charge on any atom is -0.331 e. The van der Waals surface area contributed by atoms with Crippen LogP contribution in [0.5, 0.6) is 0 Å². The number of anilines is 2. The molecule has 3 aromatic rings. The normalized spacial score (nSPS) is 10.7. The Balaban J connectivity index is 1.86. The number of para-hydroxylation sites is 1. The fraction of sp³-hybridized carbons (Fsp3) is 0.167. The summed E-state index contributed by atoms with van der Waals surface area (Å²) in [5.41, 5.74) is 4.78. The summed E-state index contributed by atoms with van der Waals surface area (Å²) < 4.78 is 13.4. The molecule has 1 N–H and O–H groups in total. The summed E-state index contributed by atoms with van der Waals surface area (Å²) in [5, 5.41) is 6.21. The third-order valence-corrected chi connectivity index (χ3v) is 4.36. The molecule has 0 saturated carbocycles. The second-order valence-corrected chi connectivity index (χ2v) is 6.00. The molecule has 2 nitrogen and oxygen atoms in total. The van der Waals surface area contributed by atoms with Gasteiger partial charge in [0.05, 0.1) is 5.69 Å². The Labute approximate surface area is 133 Å². The Morgan fingerprint density at radius 1 is 1.18 bits per heavy atom. The summed E-state index contributed by atoms with van der Waals surface area (Å²) in [5.74, 6) is -0.186. The van der Waals surface area contributed by atoms with Crippen molar-refractivity contribution in [2.24, 2.45) is 0 Å². The van der Waals surface area contributed by atoms with Gasteiger partial charge in [-0.1, -0.05) is 25.1 Å².